The van der Waals surface area contributed by atoms with Gasteiger partial charge < -0.3 is 10.5 Å². The van der Waals surface area contributed by atoms with E-state index in [4.69, 9.17) is 5.73 Å². The Balaban J connectivity index is 2.69. The van der Waals surface area contributed by atoms with Gasteiger partial charge in [0.05, 0.1) is 13.2 Å². The lowest BCUT2D eigenvalue weighted by Crippen LogP contribution is -2.35. The number of aliphatic imine (C=N–C) groups is 1. The molecular formula is C12H15N3O3. The number of rotatable bonds is 6. The summed E-state index contributed by atoms with van der Waals surface area (Å²) in [5.41, 5.74) is 6.49. The van der Waals surface area contributed by atoms with E-state index < -0.39 is 12.0 Å². The van der Waals surface area contributed by atoms with E-state index in [1.807, 2.05) is 30.3 Å². The van der Waals surface area contributed by atoms with Crippen LogP contribution in [0.1, 0.15) is 12.5 Å². The van der Waals surface area contributed by atoms with Crippen LogP contribution < -0.4 is 5.73 Å². The van der Waals surface area contributed by atoms with Crippen molar-refractivity contribution in [1.29, 1.82) is 0 Å². The number of nitrogens with zero attached hydrogens (tertiary/aromatic N) is 2. The van der Waals surface area contributed by atoms with Gasteiger partial charge in [-0.1, -0.05) is 30.3 Å². The topological polar surface area (TPSA) is 94.1 Å². The molecule has 18 heavy (non-hydrogen) atoms. The zero-order chi connectivity index (χ0) is 13.4. The highest BCUT2D eigenvalue weighted by molar-refractivity contribution is 6.04. The second-order valence-electron chi connectivity index (χ2n) is 3.49. The van der Waals surface area contributed by atoms with Gasteiger partial charge in [0, 0.05) is 0 Å². The maximum absolute atomic E-state index is 11.4. The molecule has 0 aliphatic carbocycles. The molecule has 0 fully saturated rings. The van der Waals surface area contributed by atoms with Crippen LogP contribution in [0.15, 0.2) is 40.5 Å². The third-order valence-corrected chi connectivity index (χ3v) is 2.18. The zero-order valence-electron chi connectivity index (χ0n) is 10.1. The first-order valence-electron chi connectivity index (χ1n) is 5.51. The normalized spacial score (nSPS) is 12.8. The highest BCUT2D eigenvalue weighted by Crippen LogP contribution is 2.02. The maximum atomic E-state index is 11.4. The Morgan fingerprint density at radius 2 is 2.06 bits per heavy atom. The smallest absolute Gasteiger partial charge is 0.342 e. The van der Waals surface area contributed by atoms with E-state index in [0.717, 1.165) is 5.56 Å². The van der Waals surface area contributed by atoms with Gasteiger partial charge in [-0.15, -0.1) is 4.91 Å². The van der Waals surface area contributed by atoms with E-state index in [9.17, 15) is 9.70 Å². The summed E-state index contributed by atoms with van der Waals surface area (Å²) in [6, 6.07) is 7.97. The number of ether oxygens (including phenoxy) is 1. The molecule has 0 saturated heterocycles. The molecule has 2 N–H and O–H groups in total. The molecular weight excluding hydrogens is 234 g/mol. The Kier molecular flexibility index (Phi) is 5.50. The number of benzene rings is 1. The number of esters is 1. The lowest BCUT2D eigenvalue weighted by molar-refractivity contribution is -0.142. The molecule has 1 aromatic carbocycles. The van der Waals surface area contributed by atoms with E-state index in [1.165, 1.54) is 0 Å². The van der Waals surface area contributed by atoms with Gasteiger partial charge in [0.25, 0.3) is 0 Å². The number of hydrogen-bond donors (Lipinski definition) is 1. The van der Waals surface area contributed by atoms with Crippen LogP contribution in [0.3, 0.4) is 0 Å². The standard InChI is InChI=1S/C12H15N3O3/c1-2-18-12(16)10(15-17)11(13)14-8-9-6-4-3-5-7-9/h3-7,10H,2,8H2,1H3,(H2,13,14). The summed E-state index contributed by atoms with van der Waals surface area (Å²) < 4.78 is 4.67. The Bertz CT molecular complexity index is 431. The van der Waals surface area contributed by atoms with E-state index in [0.29, 0.717) is 0 Å². The van der Waals surface area contributed by atoms with E-state index in [2.05, 4.69) is 14.9 Å². The molecule has 0 aromatic heterocycles. The van der Waals surface area contributed by atoms with Gasteiger partial charge in [-0.3, -0.25) is 4.99 Å². The van der Waals surface area contributed by atoms with Gasteiger partial charge in [0.2, 0.25) is 6.04 Å². The molecule has 6 nitrogen and oxygen atoms in total. The molecule has 1 atom stereocenters. The van der Waals surface area contributed by atoms with Crippen LogP contribution in [0.25, 0.3) is 0 Å². The molecule has 96 valence electrons. The summed E-state index contributed by atoms with van der Waals surface area (Å²) in [5.74, 6) is -0.908. The van der Waals surface area contributed by atoms with Gasteiger partial charge >= 0.3 is 5.97 Å². The number of amidine groups is 1. The molecule has 1 unspecified atom stereocenters. The molecule has 0 bridgehead atoms. The van der Waals surface area contributed by atoms with Crippen molar-refractivity contribution in [2.45, 2.75) is 19.5 Å². The Hall–Kier alpha value is -2.24. The first-order valence-corrected chi connectivity index (χ1v) is 5.51. The zero-order valence-corrected chi connectivity index (χ0v) is 10.1. The fourth-order valence-electron chi connectivity index (χ4n) is 1.29. The number of nitroso groups, excluding NO2 is 1. The Morgan fingerprint density at radius 3 is 2.61 bits per heavy atom. The highest BCUT2D eigenvalue weighted by Gasteiger charge is 2.24. The predicted molar refractivity (Wildman–Crippen MR) is 68.0 cm³/mol. The number of nitrogens with two attached hydrogens (primary N) is 1. The van der Waals surface area contributed by atoms with Gasteiger partial charge in [-0.25, -0.2) is 4.79 Å². The first kappa shape index (κ1) is 13.8. The predicted octanol–water partition coefficient (Wildman–Crippen LogP) is 1.24. The van der Waals surface area contributed by atoms with Crippen molar-refractivity contribution >= 4 is 11.8 Å². The van der Waals surface area contributed by atoms with Crippen molar-refractivity contribution < 1.29 is 9.53 Å². The second kappa shape index (κ2) is 7.16. The summed E-state index contributed by atoms with van der Waals surface area (Å²) in [5, 5.41) is 2.64. The number of carbonyl (C=O) groups is 1. The van der Waals surface area contributed by atoms with Crippen LogP contribution in [0.5, 0.6) is 0 Å². The van der Waals surface area contributed by atoms with Crippen LogP contribution in [0.2, 0.25) is 0 Å². The molecule has 0 aliphatic heterocycles. The SMILES string of the molecule is CCOC(=O)C(N=O)C(N)=NCc1ccccc1. The van der Waals surface area contributed by atoms with Crippen molar-refractivity contribution in [3.05, 3.63) is 40.8 Å². The molecule has 0 spiro atoms. The van der Waals surface area contributed by atoms with Crippen molar-refractivity contribution in [3.63, 3.8) is 0 Å². The van der Waals surface area contributed by atoms with E-state index in [-0.39, 0.29) is 19.0 Å². The summed E-state index contributed by atoms with van der Waals surface area (Å²) in [7, 11) is 0. The minimum Gasteiger partial charge on any atom is -0.464 e. The maximum Gasteiger partial charge on any atom is 0.342 e. The summed E-state index contributed by atoms with van der Waals surface area (Å²) in [4.78, 5) is 25.9. The van der Waals surface area contributed by atoms with Crippen molar-refractivity contribution in [2.75, 3.05) is 6.61 Å². The van der Waals surface area contributed by atoms with Crippen molar-refractivity contribution in [1.82, 2.24) is 0 Å². The number of carbonyl (C=O) groups excluding carboxylic acids is 1. The Labute approximate surface area is 105 Å². The number of hydrogen-bond acceptors (Lipinski definition) is 5. The van der Waals surface area contributed by atoms with Crippen LogP contribution in [-0.4, -0.2) is 24.5 Å². The largest absolute Gasteiger partial charge is 0.464 e. The molecule has 0 saturated carbocycles. The molecule has 0 radical (unpaired) electrons. The monoisotopic (exact) mass is 249 g/mol. The first-order chi connectivity index (χ1) is 8.69. The fraction of sp³-hybridized carbons (Fsp3) is 0.333. The van der Waals surface area contributed by atoms with E-state index >= 15 is 0 Å². The van der Waals surface area contributed by atoms with Crippen molar-refractivity contribution in [2.24, 2.45) is 15.9 Å². The highest BCUT2D eigenvalue weighted by atomic mass is 16.5. The van der Waals surface area contributed by atoms with Gasteiger partial charge in [0.1, 0.15) is 5.84 Å². The minimum absolute atomic E-state index is 0.132. The van der Waals surface area contributed by atoms with Crippen LogP contribution in [0, 0.1) is 4.91 Å². The quantitative estimate of drug-likeness (QED) is 0.355. The summed E-state index contributed by atoms with van der Waals surface area (Å²) in [6.07, 6.45) is 0. The lowest BCUT2D eigenvalue weighted by Gasteiger charge is -2.07. The third kappa shape index (κ3) is 3.97. The van der Waals surface area contributed by atoms with Gasteiger partial charge in [0.15, 0.2) is 0 Å². The molecule has 0 aliphatic rings. The van der Waals surface area contributed by atoms with Gasteiger partial charge in [-0.2, -0.15) is 0 Å². The third-order valence-electron chi connectivity index (χ3n) is 2.18. The fourth-order valence-corrected chi connectivity index (χ4v) is 1.29. The van der Waals surface area contributed by atoms with Crippen molar-refractivity contribution in [3.8, 4) is 0 Å². The second-order valence-corrected chi connectivity index (χ2v) is 3.49. The molecule has 6 heteroatoms. The summed E-state index contributed by atoms with van der Waals surface area (Å²) >= 11 is 0. The van der Waals surface area contributed by atoms with Crippen LogP contribution in [-0.2, 0) is 16.1 Å². The molecule has 0 amide bonds. The Morgan fingerprint density at radius 1 is 1.39 bits per heavy atom. The molecule has 0 heterocycles. The molecule has 1 rings (SSSR count). The molecule has 1 aromatic rings. The van der Waals surface area contributed by atoms with E-state index in [1.54, 1.807) is 6.92 Å². The van der Waals surface area contributed by atoms with Crippen LogP contribution in [0.4, 0.5) is 0 Å². The van der Waals surface area contributed by atoms with Gasteiger partial charge in [-0.05, 0) is 17.7 Å². The average Bonchev–Trinajstić information content (AvgIpc) is 2.39. The lowest BCUT2D eigenvalue weighted by atomic mass is 10.2. The summed E-state index contributed by atoms with van der Waals surface area (Å²) in [6.45, 7) is 2.09. The van der Waals surface area contributed by atoms with Crippen LogP contribution >= 0.6 is 0 Å². The average molecular weight is 249 g/mol. The minimum atomic E-state index is -1.37.